The second-order valence-electron chi connectivity index (χ2n) is 8.94. The number of carbonyl (C=O) groups excluding carboxylic acids is 1. The number of nitrogens with zero attached hydrogens (tertiary/aromatic N) is 3. The van der Waals surface area contributed by atoms with Gasteiger partial charge in [0.2, 0.25) is 0 Å². The molecule has 0 spiro atoms. The Kier molecular flexibility index (Phi) is 6.49. The van der Waals surface area contributed by atoms with Gasteiger partial charge in [0.05, 0.1) is 17.2 Å². The molecule has 2 aliphatic rings. The Morgan fingerprint density at radius 1 is 0.943 bits per heavy atom. The van der Waals surface area contributed by atoms with E-state index in [1.807, 2.05) is 11.0 Å². The predicted octanol–water partition coefficient (Wildman–Crippen LogP) is 3.40. The largest absolute Gasteiger partial charge is 0.493 e. The minimum absolute atomic E-state index is 0.0697. The molecule has 0 aliphatic carbocycles. The van der Waals surface area contributed by atoms with E-state index in [0.29, 0.717) is 24.3 Å². The quantitative estimate of drug-likeness (QED) is 0.529. The lowest BCUT2D eigenvalue weighted by molar-refractivity contribution is 0.0628. The van der Waals surface area contributed by atoms with Crippen molar-refractivity contribution in [2.45, 2.75) is 17.9 Å². The van der Waals surface area contributed by atoms with Crippen LogP contribution in [0.1, 0.15) is 21.5 Å². The number of fused-ring (bicyclic) bond motifs is 1. The number of benzene rings is 3. The number of rotatable bonds is 6. The molecule has 0 radical (unpaired) electrons. The zero-order chi connectivity index (χ0) is 24.4. The summed E-state index contributed by atoms with van der Waals surface area (Å²) in [6.45, 7) is 4.50. The zero-order valence-electron chi connectivity index (χ0n) is 19.8. The minimum atomic E-state index is -3.71. The summed E-state index contributed by atoms with van der Waals surface area (Å²) in [6, 6.07) is 21.5. The number of hydrogen-bond donors (Lipinski definition) is 0. The van der Waals surface area contributed by atoms with Crippen LogP contribution in [0.25, 0.3) is 0 Å². The number of sulfonamides is 1. The Labute approximate surface area is 206 Å². The topological polar surface area (TPSA) is 70.2 Å². The molecular weight excluding hydrogens is 462 g/mol. The maximum atomic E-state index is 13.0. The molecule has 0 bridgehead atoms. The molecule has 0 N–H and O–H groups in total. The summed E-state index contributed by atoms with van der Waals surface area (Å²) in [4.78, 5) is 17.4. The van der Waals surface area contributed by atoms with Crippen molar-refractivity contribution in [1.82, 2.24) is 9.80 Å². The van der Waals surface area contributed by atoms with Gasteiger partial charge in [-0.15, -0.1) is 0 Å². The van der Waals surface area contributed by atoms with Gasteiger partial charge in [-0.25, -0.2) is 8.42 Å². The SMILES string of the molecule is CN(c1ccccc1)S(=O)(=O)c1ccc(C(=O)N2CCN(Cc3ccc4c(c3)CCO4)CC2)cc1. The van der Waals surface area contributed by atoms with Crippen LogP contribution >= 0.6 is 0 Å². The molecule has 1 saturated heterocycles. The molecule has 8 heteroatoms. The summed E-state index contributed by atoms with van der Waals surface area (Å²) in [5, 5.41) is 0. The molecule has 2 aliphatic heterocycles. The number of anilines is 1. The van der Waals surface area contributed by atoms with Crippen molar-refractivity contribution in [3.63, 3.8) is 0 Å². The summed E-state index contributed by atoms with van der Waals surface area (Å²) in [6.07, 6.45) is 0.966. The first-order valence-electron chi connectivity index (χ1n) is 11.8. The number of para-hydroxylation sites is 1. The van der Waals surface area contributed by atoms with Crippen LogP contribution in [0.15, 0.2) is 77.7 Å². The fraction of sp³-hybridized carbons (Fsp3) is 0.296. The minimum Gasteiger partial charge on any atom is -0.493 e. The van der Waals surface area contributed by atoms with E-state index >= 15 is 0 Å². The normalized spacial score (nSPS) is 16.0. The third-order valence-electron chi connectivity index (χ3n) is 6.70. The summed E-state index contributed by atoms with van der Waals surface area (Å²) in [7, 11) is -2.18. The molecule has 0 unspecified atom stereocenters. The molecular formula is C27H29N3O4S. The van der Waals surface area contributed by atoms with Gasteiger partial charge in [-0.05, 0) is 53.6 Å². The molecule has 1 fully saturated rings. The molecule has 3 aromatic carbocycles. The fourth-order valence-corrected chi connectivity index (χ4v) is 5.79. The highest BCUT2D eigenvalue weighted by molar-refractivity contribution is 7.92. The van der Waals surface area contributed by atoms with Crippen molar-refractivity contribution in [3.8, 4) is 5.75 Å². The third-order valence-corrected chi connectivity index (χ3v) is 8.50. The molecule has 2 heterocycles. The predicted molar refractivity (Wildman–Crippen MR) is 135 cm³/mol. The number of amides is 1. The van der Waals surface area contributed by atoms with E-state index in [4.69, 9.17) is 4.74 Å². The molecule has 182 valence electrons. The summed E-state index contributed by atoms with van der Waals surface area (Å²) in [5.74, 6) is 0.925. The Bertz CT molecular complexity index is 1300. The highest BCUT2D eigenvalue weighted by atomic mass is 32.2. The van der Waals surface area contributed by atoms with E-state index in [0.717, 1.165) is 38.4 Å². The first kappa shape index (κ1) is 23.4. The van der Waals surface area contributed by atoms with Gasteiger partial charge < -0.3 is 9.64 Å². The summed E-state index contributed by atoms with van der Waals surface area (Å²) < 4.78 is 32.8. The molecule has 0 aromatic heterocycles. The van der Waals surface area contributed by atoms with E-state index in [1.54, 1.807) is 36.4 Å². The number of carbonyl (C=O) groups is 1. The first-order chi connectivity index (χ1) is 16.9. The smallest absolute Gasteiger partial charge is 0.264 e. The van der Waals surface area contributed by atoms with Crippen molar-refractivity contribution >= 4 is 21.6 Å². The van der Waals surface area contributed by atoms with Gasteiger partial charge in [-0.1, -0.05) is 30.3 Å². The van der Waals surface area contributed by atoms with Gasteiger partial charge in [0.1, 0.15) is 5.75 Å². The van der Waals surface area contributed by atoms with E-state index < -0.39 is 10.0 Å². The number of piperazine rings is 1. The highest BCUT2D eigenvalue weighted by Crippen LogP contribution is 2.27. The van der Waals surface area contributed by atoms with Crippen LogP contribution in [0.2, 0.25) is 0 Å². The lowest BCUT2D eigenvalue weighted by atomic mass is 10.1. The van der Waals surface area contributed by atoms with E-state index in [9.17, 15) is 13.2 Å². The second-order valence-corrected chi connectivity index (χ2v) is 10.9. The van der Waals surface area contributed by atoms with E-state index in [-0.39, 0.29) is 10.8 Å². The van der Waals surface area contributed by atoms with Crippen LogP contribution in [-0.4, -0.2) is 64.0 Å². The molecule has 1 amide bonds. The fourth-order valence-electron chi connectivity index (χ4n) is 4.59. The van der Waals surface area contributed by atoms with Gasteiger partial charge >= 0.3 is 0 Å². The molecule has 0 atom stereocenters. The van der Waals surface area contributed by atoms with Crippen LogP contribution in [0, 0.1) is 0 Å². The molecule has 5 rings (SSSR count). The van der Waals surface area contributed by atoms with E-state index in [2.05, 4.69) is 23.1 Å². The first-order valence-corrected chi connectivity index (χ1v) is 13.3. The van der Waals surface area contributed by atoms with Crippen LogP contribution in [0.3, 0.4) is 0 Å². The molecule has 0 saturated carbocycles. The number of ether oxygens (including phenoxy) is 1. The van der Waals surface area contributed by atoms with E-state index in [1.165, 1.54) is 34.6 Å². The van der Waals surface area contributed by atoms with Crippen LogP contribution in [-0.2, 0) is 23.0 Å². The van der Waals surface area contributed by atoms with Crippen molar-refractivity contribution in [2.75, 3.05) is 44.1 Å². The van der Waals surface area contributed by atoms with Crippen molar-refractivity contribution in [3.05, 3.63) is 89.5 Å². The molecule has 7 nitrogen and oxygen atoms in total. The third kappa shape index (κ3) is 4.90. The Morgan fingerprint density at radius 3 is 2.37 bits per heavy atom. The lowest BCUT2D eigenvalue weighted by Crippen LogP contribution is -2.48. The van der Waals surface area contributed by atoms with Crippen molar-refractivity contribution in [2.24, 2.45) is 0 Å². The molecule has 3 aromatic rings. The number of hydrogen-bond acceptors (Lipinski definition) is 5. The van der Waals surface area contributed by atoms with Crippen LogP contribution in [0.4, 0.5) is 5.69 Å². The van der Waals surface area contributed by atoms with Crippen molar-refractivity contribution < 1.29 is 17.9 Å². The van der Waals surface area contributed by atoms with Crippen molar-refractivity contribution in [1.29, 1.82) is 0 Å². The second kappa shape index (κ2) is 9.71. The zero-order valence-corrected chi connectivity index (χ0v) is 20.6. The van der Waals surface area contributed by atoms with Gasteiger partial charge in [0.15, 0.2) is 0 Å². The summed E-state index contributed by atoms with van der Waals surface area (Å²) in [5.41, 5.74) is 3.63. The maximum absolute atomic E-state index is 13.0. The average Bonchev–Trinajstić information content (AvgIpc) is 3.37. The average molecular weight is 492 g/mol. The standard InChI is InChI=1S/C27H29N3O4S/c1-28(24-5-3-2-4-6-24)35(32,33)25-10-8-22(9-11-25)27(31)30-16-14-29(15-17-30)20-21-7-12-26-23(19-21)13-18-34-26/h2-12,19H,13-18,20H2,1H3. The van der Waals surface area contributed by atoms with Crippen LogP contribution < -0.4 is 9.04 Å². The Morgan fingerprint density at radius 2 is 1.66 bits per heavy atom. The Balaban J connectivity index is 1.19. The molecule has 35 heavy (non-hydrogen) atoms. The maximum Gasteiger partial charge on any atom is 0.264 e. The highest BCUT2D eigenvalue weighted by Gasteiger charge is 2.25. The van der Waals surface area contributed by atoms with Gasteiger partial charge in [0.25, 0.3) is 15.9 Å². The van der Waals surface area contributed by atoms with Gasteiger partial charge in [0, 0.05) is 51.8 Å². The summed E-state index contributed by atoms with van der Waals surface area (Å²) >= 11 is 0. The lowest BCUT2D eigenvalue weighted by Gasteiger charge is -2.35. The van der Waals surface area contributed by atoms with Crippen LogP contribution in [0.5, 0.6) is 5.75 Å². The monoisotopic (exact) mass is 491 g/mol. The van der Waals surface area contributed by atoms with Gasteiger partial charge in [-0.2, -0.15) is 0 Å². The Hall–Kier alpha value is -3.36. The van der Waals surface area contributed by atoms with Gasteiger partial charge in [-0.3, -0.25) is 14.0 Å².